The van der Waals surface area contributed by atoms with E-state index in [0.717, 1.165) is 5.69 Å². The van der Waals surface area contributed by atoms with Gasteiger partial charge in [0.2, 0.25) is 5.95 Å². The van der Waals surface area contributed by atoms with Crippen molar-refractivity contribution in [2.75, 3.05) is 10.6 Å². The fourth-order valence-corrected chi connectivity index (χ4v) is 2.43. The molecule has 0 radical (unpaired) electrons. The van der Waals surface area contributed by atoms with Gasteiger partial charge in [0.25, 0.3) is 5.91 Å². The molecule has 3 heterocycles. The summed E-state index contributed by atoms with van der Waals surface area (Å²) in [6.07, 6.45) is 8.36. The van der Waals surface area contributed by atoms with E-state index in [0.29, 0.717) is 23.0 Å². The summed E-state index contributed by atoms with van der Waals surface area (Å²) in [5.41, 5.74) is 1.83. The number of rotatable bonds is 5. The highest BCUT2D eigenvalue weighted by atomic mass is 16.1. The van der Waals surface area contributed by atoms with Crippen LogP contribution in [0, 0.1) is 0 Å². The Morgan fingerprint density at radius 2 is 1.78 bits per heavy atom. The average molecular weight is 357 g/mol. The van der Waals surface area contributed by atoms with Crippen LogP contribution < -0.4 is 10.6 Å². The molecule has 27 heavy (non-hydrogen) atoms. The lowest BCUT2D eigenvalue weighted by molar-refractivity contribution is 0.102. The van der Waals surface area contributed by atoms with Crippen LogP contribution in [-0.4, -0.2) is 30.6 Å². The van der Waals surface area contributed by atoms with Gasteiger partial charge in [-0.3, -0.25) is 4.79 Å². The van der Waals surface area contributed by atoms with Gasteiger partial charge in [0.05, 0.1) is 11.9 Å². The van der Waals surface area contributed by atoms with Crippen molar-refractivity contribution in [3.05, 3.63) is 85.1 Å². The van der Waals surface area contributed by atoms with Crippen LogP contribution in [0.5, 0.6) is 0 Å². The van der Waals surface area contributed by atoms with Crippen molar-refractivity contribution in [3.8, 4) is 5.82 Å². The minimum absolute atomic E-state index is 0.235. The largest absolute Gasteiger partial charge is 0.324 e. The number of carbonyl (C=O) groups is 1. The zero-order valence-corrected chi connectivity index (χ0v) is 14.1. The third-order valence-electron chi connectivity index (χ3n) is 3.69. The molecule has 0 aliphatic rings. The van der Waals surface area contributed by atoms with Gasteiger partial charge in [0, 0.05) is 36.0 Å². The number of aromatic nitrogens is 5. The first-order valence-electron chi connectivity index (χ1n) is 8.19. The Hall–Kier alpha value is -4.07. The quantitative estimate of drug-likeness (QED) is 0.570. The number of nitrogens with one attached hydrogen (secondary N) is 2. The molecule has 4 aromatic rings. The Kier molecular flexibility index (Phi) is 4.52. The molecular weight excluding hydrogens is 342 g/mol. The molecule has 0 saturated heterocycles. The Bertz CT molecular complexity index is 1030. The maximum absolute atomic E-state index is 12.5. The molecule has 132 valence electrons. The summed E-state index contributed by atoms with van der Waals surface area (Å²) in [6, 6.07) is 14.2. The van der Waals surface area contributed by atoms with Gasteiger partial charge < -0.3 is 10.6 Å². The maximum atomic E-state index is 12.5. The topological polar surface area (TPSA) is 97.6 Å². The Morgan fingerprint density at radius 1 is 0.889 bits per heavy atom. The molecule has 0 fully saturated rings. The van der Waals surface area contributed by atoms with E-state index in [2.05, 4.69) is 30.7 Å². The predicted molar refractivity (Wildman–Crippen MR) is 101 cm³/mol. The number of pyridine rings is 1. The van der Waals surface area contributed by atoms with Gasteiger partial charge in [0.15, 0.2) is 5.82 Å². The summed E-state index contributed by atoms with van der Waals surface area (Å²) in [5, 5.41) is 10.0. The second kappa shape index (κ2) is 7.44. The Morgan fingerprint density at radius 3 is 2.52 bits per heavy atom. The van der Waals surface area contributed by atoms with Gasteiger partial charge in [0.1, 0.15) is 0 Å². The van der Waals surface area contributed by atoms with E-state index in [1.54, 1.807) is 72.1 Å². The van der Waals surface area contributed by atoms with Crippen molar-refractivity contribution in [2.24, 2.45) is 0 Å². The highest BCUT2D eigenvalue weighted by molar-refractivity contribution is 6.04. The molecule has 0 spiro atoms. The molecule has 8 heteroatoms. The number of anilines is 3. The van der Waals surface area contributed by atoms with Crippen LogP contribution in [0.2, 0.25) is 0 Å². The van der Waals surface area contributed by atoms with Crippen molar-refractivity contribution >= 4 is 23.2 Å². The van der Waals surface area contributed by atoms with Gasteiger partial charge in [-0.1, -0.05) is 6.07 Å². The predicted octanol–water partition coefficient (Wildman–Crippen LogP) is 3.05. The molecule has 0 aliphatic heterocycles. The minimum atomic E-state index is -0.235. The lowest BCUT2D eigenvalue weighted by Gasteiger charge is -2.08. The van der Waals surface area contributed by atoms with Gasteiger partial charge in [-0.2, -0.15) is 5.10 Å². The molecule has 0 unspecified atom stereocenters. The van der Waals surface area contributed by atoms with Crippen LogP contribution in [0.15, 0.2) is 79.5 Å². The van der Waals surface area contributed by atoms with Gasteiger partial charge in [-0.05, 0) is 42.5 Å². The zero-order valence-electron chi connectivity index (χ0n) is 14.1. The molecule has 0 bridgehead atoms. The molecule has 1 amide bonds. The summed E-state index contributed by atoms with van der Waals surface area (Å²) in [4.78, 5) is 25.0. The molecule has 2 N–H and O–H groups in total. The summed E-state index contributed by atoms with van der Waals surface area (Å²) < 4.78 is 1.65. The summed E-state index contributed by atoms with van der Waals surface area (Å²) in [5.74, 6) is 0.904. The highest BCUT2D eigenvalue weighted by Gasteiger charge is 2.08. The first-order chi connectivity index (χ1) is 13.3. The molecule has 0 aliphatic carbocycles. The number of benzene rings is 1. The van der Waals surface area contributed by atoms with Crippen LogP contribution in [0.1, 0.15) is 10.4 Å². The van der Waals surface area contributed by atoms with E-state index >= 15 is 0 Å². The standard InChI is InChI=1S/C19H15N7O/c27-18(24-16-6-7-17(22-13-16)26-11-3-10-23-26)14-4-1-5-15(12-14)25-19-20-8-2-9-21-19/h1-13H,(H,24,27)(H,20,21,25). The highest BCUT2D eigenvalue weighted by Crippen LogP contribution is 2.16. The van der Waals surface area contributed by atoms with E-state index in [1.807, 2.05) is 12.1 Å². The number of hydrogen-bond acceptors (Lipinski definition) is 6. The maximum Gasteiger partial charge on any atom is 0.255 e. The van der Waals surface area contributed by atoms with Crippen molar-refractivity contribution in [1.82, 2.24) is 24.7 Å². The smallest absolute Gasteiger partial charge is 0.255 e. The third-order valence-corrected chi connectivity index (χ3v) is 3.69. The van der Waals surface area contributed by atoms with Gasteiger partial charge >= 0.3 is 0 Å². The molecule has 0 atom stereocenters. The van der Waals surface area contributed by atoms with Crippen LogP contribution >= 0.6 is 0 Å². The Balaban J connectivity index is 1.46. The molecule has 4 rings (SSSR count). The zero-order chi connectivity index (χ0) is 18.5. The normalized spacial score (nSPS) is 10.4. The molecule has 3 aromatic heterocycles. The van der Waals surface area contributed by atoms with Crippen molar-refractivity contribution in [2.45, 2.75) is 0 Å². The average Bonchev–Trinajstić information content (AvgIpc) is 3.24. The molecular formula is C19H15N7O. The van der Waals surface area contributed by atoms with Crippen LogP contribution in [0.4, 0.5) is 17.3 Å². The summed E-state index contributed by atoms with van der Waals surface area (Å²) >= 11 is 0. The van der Waals surface area contributed by atoms with E-state index in [4.69, 9.17) is 0 Å². The first kappa shape index (κ1) is 16.4. The number of amides is 1. The second-order valence-corrected chi connectivity index (χ2v) is 5.59. The fourth-order valence-electron chi connectivity index (χ4n) is 2.43. The number of hydrogen-bond donors (Lipinski definition) is 2. The van der Waals surface area contributed by atoms with Crippen molar-refractivity contribution < 1.29 is 4.79 Å². The monoisotopic (exact) mass is 357 g/mol. The molecule has 0 saturated carbocycles. The summed E-state index contributed by atoms with van der Waals surface area (Å²) in [7, 11) is 0. The Labute approximate surface area is 154 Å². The number of carbonyl (C=O) groups excluding carboxylic acids is 1. The fraction of sp³-hybridized carbons (Fsp3) is 0. The van der Waals surface area contributed by atoms with Crippen LogP contribution in [0.25, 0.3) is 5.82 Å². The lowest BCUT2D eigenvalue weighted by atomic mass is 10.2. The van der Waals surface area contributed by atoms with Gasteiger partial charge in [-0.25, -0.2) is 19.6 Å². The van der Waals surface area contributed by atoms with Gasteiger partial charge in [-0.15, -0.1) is 0 Å². The van der Waals surface area contributed by atoms with Crippen molar-refractivity contribution in [1.29, 1.82) is 0 Å². The second-order valence-electron chi connectivity index (χ2n) is 5.59. The molecule has 8 nitrogen and oxygen atoms in total. The van der Waals surface area contributed by atoms with Crippen LogP contribution in [-0.2, 0) is 0 Å². The van der Waals surface area contributed by atoms with E-state index in [1.165, 1.54) is 0 Å². The lowest BCUT2D eigenvalue weighted by Crippen LogP contribution is -2.12. The SMILES string of the molecule is O=C(Nc1ccc(-n2cccn2)nc1)c1cccc(Nc2ncccn2)c1. The van der Waals surface area contributed by atoms with E-state index in [9.17, 15) is 4.79 Å². The van der Waals surface area contributed by atoms with Crippen molar-refractivity contribution in [3.63, 3.8) is 0 Å². The molecule has 1 aromatic carbocycles. The number of nitrogens with zero attached hydrogens (tertiary/aromatic N) is 5. The summed E-state index contributed by atoms with van der Waals surface area (Å²) in [6.45, 7) is 0. The van der Waals surface area contributed by atoms with E-state index in [-0.39, 0.29) is 5.91 Å². The third kappa shape index (κ3) is 3.96. The van der Waals surface area contributed by atoms with E-state index < -0.39 is 0 Å². The minimum Gasteiger partial charge on any atom is -0.324 e. The first-order valence-corrected chi connectivity index (χ1v) is 8.19. The van der Waals surface area contributed by atoms with Crippen LogP contribution in [0.3, 0.4) is 0 Å².